The molecule has 720 valence electrons. The molecule has 15 amide bonds. The second-order valence-electron chi connectivity index (χ2n) is 31.9. The van der Waals surface area contributed by atoms with Crippen LogP contribution in [0.3, 0.4) is 0 Å². The number of guanidine groups is 1. The number of nitrogens with zero attached hydrogens (tertiary/aromatic N) is 3. The van der Waals surface area contributed by atoms with Crippen molar-refractivity contribution in [3.05, 3.63) is 90.0 Å². The van der Waals surface area contributed by atoms with Gasteiger partial charge in [-0.25, -0.2) is 9.78 Å². The minimum absolute atomic E-state index is 0.00448. The van der Waals surface area contributed by atoms with Crippen LogP contribution in [0, 0.1) is 11.3 Å². The monoisotopic (exact) mass is 1860 g/mol. The Bertz CT molecular complexity index is 4240. The Morgan fingerprint density at radius 2 is 0.915 bits per heavy atom. The van der Waals surface area contributed by atoms with Crippen LogP contribution >= 0.6 is 25.3 Å². The van der Waals surface area contributed by atoms with Crippen LogP contribution in [0.15, 0.2) is 73.2 Å². The Balaban J connectivity index is 1.33. The lowest BCUT2D eigenvalue weighted by Crippen LogP contribution is -2.62. The first kappa shape index (κ1) is 109. The standard InChI is InChI=1S/C83H130N24O21S2/c1-4-46(2)66(104-75(120)61(44-130)103-77(122)63-29-19-35-107(63)81(126)58(37-49-22-9-6-10-23-49)101-72(117)56(38-50-40-90-45-93-50)99-79(124)67(47(3)109)105-68(113)51(87)39-65(111)112)78(123)97-53(25-12-15-31-85)70(115)100-57(36-48-20-7-5-8-21-48)80(125)106-34-18-28-62(106)76(121)96-54(27-17-33-91-83(88)89)71(116)102-59(42-108)73(118)95-52(24-11-14-30-84)69(114)92-41-64(110)94-60(43-129)74(119)98-55(82(127)128)26-13-16-32-86/h5-10,20-23,40,45-47,51-63,66-67,108-109,129-130H,4,11-19,24-39,41-44,84-87H2,1-3H3,(H,90,93)(H,92,114)(H,94,110)(H,95,118)(H,96,121)(H,97,123)(H,98,119)(H,99,124)(H,100,115)(H,101,117)(H,102,116)(H,103,122)(H,104,120)(H,105,113)(H,111,112)(H,127,128)(H4,88,89,91)/t46-,47+,51-,52-,53-,54-,55-,56-,57-,58-,59-,60-,61-,62-,63-,66-,67-/m0/s1. The number of unbranched alkanes of at least 4 members (excludes halogenated alkanes) is 3. The number of carboxylic acids is 2. The third-order valence-corrected chi connectivity index (χ3v) is 22.6. The maximum atomic E-state index is 15.3. The lowest BCUT2D eigenvalue weighted by Gasteiger charge is -2.32. The number of imidazole rings is 1. The minimum atomic E-state index is -1.78. The van der Waals surface area contributed by atoms with E-state index >= 15 is 14.4 Å². The van der Waals surface area contributed by atoms with Gasteiger partial charge in [0.15, 0.2) is 5.96 Å². The van der Waals surface area contributed by atoms with Crippen molar-refractivity contribution in [2.75, 3.05) is 63.9 Å². The van der Waals surface area contributed by atoms with Crippen LogP contribution in [0.1, 0.15) is 147 Å². The van der Waals surface area contributed by atoms with Crippen molar-refractivity contribution in [3.63, 3.8) is 0 Å². The molecular weight excluding hydrogens is 1730 g/mol. The number of carbonyl (C=O) groups excluding carboxylic acids is 15. The van der Waals surface area contributed by atoms with Crippen LogP contribution < -0.4 is 103 Å². The van der Waals surface area contributed by atoms with Crippen molar-refractivity contribution < 1.29 is 102 Å². The Hall–Kier alpha value is -11.6. The molecule has 0 unspecified atom stereocenters. The molecule has 1 aromatic heterocycles. The van der Waals surface area contributed by atoms with Crippen molar-refractivity contribution >= 4 is 132 Å². The molecule has 0 radical (unpaired) electrons. The molecule has 2 aromatic carbocycles. The predicted molar refractivity (Wildman–Crippen MR) is 480 cm³/mol. The van der Waals surface area contributed by atoms with E-state index in [9.17, 15) is 87.5 Å². The number of H-pyrrole nitrogens is 1. The molecule has 2 aliphatic heterocycles. The highest BCUT2D eigenvalue weighted by molar-refractivity contribution is 7.80. The van der Waals surface area contributed by atoms with E-state index in [1.165, 1.54) is 22.3 Å². The average Bonchev–Trinajstić information content (AvgIpc) is 1.63. The van der Waals surface area contributed by atoms with Gasteiger partial charge in [-0.1, -0.05) is 80.9 Å². The molecule has 0 saturated carbocycles. The molecule has 0 aliphatic carbocycles. The van der Waals surface area contributed by atoms with E-state index in [0.717, 1.165) is 6.92 Å². The number of likely N-dealkylation sites (tertiary alicyclic amines) is 2. The molecule has 3 aromatic rings. The molecule has 2 saturated heterocycles. The van der Waals surface area contributed by atoms with Crippen LogP contribution in [0.2, 0.25) is 0 Å². The number of rotatable bonds is 59. The van der Waals surface area contributed by atoms with Gasteiger partial charge in [0, 0.05) is 56.6 Å². The summed E-state index contributed by atoms with van der Waals surface area (Å²) in [7, 11) is 0. The van der Waals surface area contributed by atoms with Gasteiger partial charge in [0.25, 0.3) is 0 Å². The molecule has 47 heteroatoms. The molecule has 2 fully saturated rings. The Labute approximate surface area is 764 Å². The number of carboxylic acid groups (broad SMARTS) is 2. The second-order valence-corrected chi connectivity index (χ2v) is 32.7. The molecule has 3 heterocycles. The van der Waals surface area contributed by atoms with Crippen molar-refractivity contribution in [1.29, 1.82) is 5.41 Å². The largest absolute Gasteiger partial charge is 0.481 e. The number of aliphatic hydroxyl groups excluding tert-OH is 2. The number of thiol groups is 2. The first-order valence-corrected chi connectivity index (χ1v) is 44.8. The van der Waals surface area contributed by atoms with Crippen LogP contribution in [0.25, 0.3) is 0 Å². The van der Waals surface area contributed by atoms with E-state index in [0.29, 0.717) is 43.4 Å². The summed E-state index contributed by atoms with van der Waals surface area (Å²) in [5, 5.41) is 83.6. The zero-order chi connectivity index (χ0) is 96.1. The van der Waals surface area contributed by atoms with E-state index in [-0.39, 0.29) is 146 Å². The summed E-state index contributed by atoms with van der Waals surface area (Å²) in [6.45, 7) is 3.41. The SMILES string of the molecule is CC[C@H](C)[C@H](NC(=O)[C@H](CS)NC(=O)[C@@H]1CCCN1C(=O)[C@H](Cc1ccccc1)NC(=O)[C@H](Cc1c[nH]cn1)NC(=O)[C@@H](NC(=O)[C@@H](N)CC(=O)O)[C@@H](C)O)C(=O)N[C@@H](CCCCN)C(=O)N[C@@H](Cc1ccccc1)C(=O)N1CCC[C@H]1C(=O)N[C@@H](CCCNC(=N)N)C(=O)N[C@@H](CO)C(=O)N[C@@H](CCCCN)C(=O)NCC(=O)N[C@@H](CS)C(=O)N[C@@H](CCCCN)C(=O)O. The van der Waals surface area contributed by atoms with Crippen LogP contribution in [0.5, 0.6) is 0 Å². The molecule has 30 N–H and O–H groups in total. The fraction of sp³-hybridized carbons (Fsp3) is 0.602. The van der Waals surface area contributed by atoms with E-state index in [2.05, 4.69) is 110 Å². The van der Waals surface area contributed by atoms with Crippen molar-refractivity contribution in [1.82, 2.24) is 94.2 Å². The van der Waals surface area contributed by atoms with Gasteiger partial charge < -0.3 is 138 Å². The first-order valence-electron chi connectivity index (χ1n) is 43.5. The molecule has 130 heavy (non-hydrogen) atoms. The van der Waals surface area contributed by atoms with Gasteiger partial charge in [0.1, 0.15) is 84.6 Å². The van der Waals surface area contributed by atoms with Crippen LogP contribution in [0.4, 0.5) is 0 Å². The number of aromatic nitrogens is 2. The highest BCUT2D eigenvalue weighted by Gasteiger charge is 2.44. The van der Waals surface area contributed by atoms with E-state index in [1.54, 1.807) is 74.5 Å². The van der Waals surface area contributed by atoms with E-state index < -0.39 is 229 Å². The molecule has 5 rings (SSSR count). The van der Waals surface area contributed by atoms with Gasteiger partial charge in [0.2, 0.25) is 88.6 Å². The first-order chi connectivity index (χ1) is 62.0. The predicted octanol–water partition coefficient (Wildman–Crippen LogP) is -6.83. The highest BCUT2D eigenvalue weighted by atomic mass is 32.1. The summed E-state index contributed by atoms with van der Waals surface area (Å²) >= 11 is 8.55. The Morgan fingerprint density at radius 1 is 0.500 bits per heavy atom. The number of aliphatic hydroxyl groups is 2. The number of carbonyl (C=O) groups is 17. The Morgan fingerprint density at radius 3 is 1.38 bits per heavy atom. The number of hydrogen-bond acceptors (Lipinski definition) is 27. The lowest BCUT2D eigenvalue weighted by atomic mass is 9.97. The smallest absolute Gasteiger partial charge is 0.326 e. The topological polar surface area (TPSA) is 729 Å². The van der Waals surface area contributed by atoms with Gasteiger partial charge >= 0.3 is 11.9 Å². The fourth-order valence-corrected chi connectivity index (χ4v) is 15.0. The quantitative estimate of drug-likeness (QED) is 0.0108. The Kier molecular flexibility index (Phi) is 48.1. The molecule has 2 aliphatic rings. The van der Waals surface area contributed by atoms with Crippen molar-refractivity contribution in [3.8, 4) is 0 Å². The van der Waals surface area contributed by atoms with Crippen LogP contribution in [-0.4, -0.2) is 307 Å². The third-order valence-electron chi connectivity index (χ3n) is 21.9. The van der Waals surface area contributed by atoms with Gasteiger partial charge in [-0.15, -0.1) is 0 Å². The number of aromatic amines is 1. The molecule has 45 nitrogen and oxygen atoms in total. The maximum Gasteiger partial charge on any atom is 0.326 e. The lowest BCUT2D eigenvalue weighted by molar-refractivity contribution is -0.143. The number of aliphatic carboxylic acids is 2. The van der Waals surface area contributed by atoms with Gasteiger partial charge in [0.05, 0.1) is 43.7 Å². The zero-order valence-corrected chi connectivity index (χ0v) is 75.1. The summed E-state index contributed by atoms with van der Waals surface area (Å²) in [6.07, 6.45) is 2.63. The van der Waals surface area contributed by atoms with Gasteiger partial charge in [-0.05, 0) is 140 Å². The number of nitrogens with one attached hydrogen (secondary N) is 16. The minimum Gasteiger partial charge on any atom is -0.481 e. The summed E-state index contributed by atoms with van der Waals surface area (Å²) in [5.74, 6) is -18.0. The fourth-order valence-electron chi connectivity index (χ4n) is 14.4. The number of hydrogen-bond donors (Lipinski definition) is 27. The summed E-state index contributed by atoms with van der Waals surface area (Å²) < 4.78 is 0. The van der Waals surface area contributed by atoms with Crippen molar-refractivity contribution in [2.24, 2.45) is 34.6 Å². The molecular formula is C83H130N24O21S2. The summed E-state index contributed by atoms with van der Waals surface area (Å²) in [4.78, 5) is 247. The highest BCUT2D eigenvalue weighted by Crippen LogP contribution is 2.24. The van der Waals surface area contributed by atoms with Crippen molar-refractivity contribution in [2.45, 2.75) is 246 Å². The van der Waals surface area contributed by atoms with Crippen LogP contribution in [-0.2, 0) is 101 Å². The summed E-state index contributed by atoms with van der Waals surface area (Å²) in [6, 6.07) is -4.94. The number of benzene rings is 2. The van der Waals surface area contributed by atoms with Gasteiger partial charge in [-0.3, -0.25) is 82.1 Å². The average molecular weight is 1860 g/mol. The molecule has 17 atom stereocenters. The maximum absolute atomic E-state index is 15.3. The van der Waals surface area contributed by atoms with E-state index in [1.807, 2.05) is 0 Å². The number of amides is 15. The molecule has 0 spiro atoms. The molecule has 0 bridgehead atoms. The van der Waals surface area contributed by atoms with E-state index in [4.69, 9.17) is 34.1 Å². The normalized spacial score (nSPS) is 17.0. The third kappa shape index (κ3) is 36.4. The zero-order valence-electron chi connectivity index (χ0n) is 73.3. The second kappa shape index (κ2) is 57.4. The van der Waals surface area contributed by atoms with Gasteiger partial charge in [-0.2, -0.15) is 25.3 Å². The summed E-state index contributed by atoms with van der Waals surface area (Å²) in [5.41, 5.74) is 29.8. The number of nitrogens with two attached hydrogens (primary N) is 5.